The van der Waals surface area contributed by atoms with Crippen LogP contribution in [0.2, 0.25) is 0 Å². The zero-order valence-electron chi connectivity index (χ0n) is 18.8. The molecule has 0 spiro atoms. The van der Waals surface area contributed by atoms with Crippen molar-refractivity contribution < 1.29 is 32.3 Å². The molecule has 3 aromatic rings. The van der Waals surface area contributed by atoms with E-state index in [1.165, 1.54) is 47.5 Å². The van der Waals surface area contributed by atoms with E-state index in [4.69, 9.17) is 9.52 Å². The molecule has 1 aliphatic heterocycles. The molecule has 4 rings (SSSR count). The molecule has 0 unspecified atom stereocenters. The Morgan fingerprint density at radius 1 is 1.11 bits per heavy atom. The Labute approximate surface area is 199 Å². The molecule has 0 radical (unpaired) electrons. The molecular formula is C26H21F3N2O4. The maximum absolute atomic E-state index is 13.2. The van der Waals surface area contributed by atoms with E-state index in [1.54, 1.807) is 12.1 Å². The monoisotopic (exact) mass is 482 g/mol. The summed E-state index contributed by atoms with van der Waals surface area (Å²) < 4.78 is 44.9. The predicted molar refractivity (Wildman–Crippen MR) is 125 cm³/mol. The Hall–Kier alpha value is -4.14. The van der Waals surface area contributed by atoms with Crippen LogP contribution in [-0.2, 0) is 11.0 Å². The molecule has 1 amide bonds. The van der Waals surface area contributed by atoms with Crippen molar-refractivity contribution in [2.45, 2.75) is 26.4 Å². The Morgan fingerprint density at radius 2 is 1.83 bits per heavy atom. The lowest BCUT2D eigenvalue weighted by atomic mass is 10.00. The third-order valence-corrected chi connectivity index (χ3v) is 5.30. The average Bonchev–Trinajstić information content (AvgIpc) is 3.39. The molecule has 6 nitrogen and oxygen atoms in total. The number of benzene rings is 2. The summed E-state index contributed by atoms with van der Waals surface area (Å²) >= 11 is 0. The first kappa shape index (κ1) is 24.0. The van der Waals surface area contributed by atoms with Crippen LogP contribution in [0.5, 0.6) is 0 Å². The second kappa shape index (κ2) is 9.25. The minimum absolute atomic E-state index is 0.0836. The smallest absolute Gasteiger partial charge is 0.416 e. The number of rotatable bonds is 6. The number of aromatic carboxylic acids is 1. The highest BCUT2D eigenvalue weighted by Crippen LogP contribution is 2.33. The zero-order chi connectivity index (χ0) is 25.3. The SMILES string of the molecule is CC(C)CC1=NN(c2ccc(C(=O)O)cc2)C(=O)/C1=C\c1ccc(-c2cccc(C(F)(F)F)c2)o1. The van der Waals surface area contributed by atoms with E-state index in [0.717, 1.165) is 12.1 Å². The first-order chi connectivity index (χ1) is 16.5. The van der Waals surface area contributed by atoms with Crippen LogP contribution in [0.4, 0.5) is 18.9 Å². The number of nitrogens with zero attached hydrogens (tertiary/aromatic N) is 2. The molecule has 180 valence electrons. The van der Waals surface area contributed by atoms with Gasteiger partial charge in [0.2, 0.25) is 0 Å². The van der Waals surface area contributed by atoms with Crippen LogP contribution < -0.4 is 5.01 Å². The summed E-state index contributed by atoms with van der Waals surface area (Å²) in [6.45, 7) is 3.96. The molecule has 0 bridgehead atoms. The van der Waals surface area contributed by atoms with Gasteiger partial charge in [0.05, 0.1) is 28.1 Å². The number of carboxylic acids is 1. The fourth-order valence-electron chi connectivity index (χ4n) is 3.64. The minimum Gasteiger partial charge on any atom is -0.478 e. The van der Waals surface area contributed by atoms with Crippen LogP contribution in [0.1, 0.15) is 41.9 Å². The number of carboxylic acid groups (broad SMARTS) is 1. The average molecular weight is 482 g/mol. The number of carbonyl (C=O) groups excluding carboxylic acids is 1. The topological polar surface area (TPSA) is 83.1 Å². The van der Waals surface area contributed by atoms with Crippen molar-refractivity contribution in [3.8, 4) is 11.3 Å². The third-order valence-electron chi connectivity index (χ3n) is 5.30. The Morgan fingerprint density at radius 3 is 2.46 bits per heavy atom. The summed E-state index contributed by atoms with van der Waals surface area (Å²) in [5.41, 5.74) is 0.802. The van der Waals surface area contributed by atoms with Crippen molar-refractivity contribution in [2.75, 3.05) is 5.01 Å². The second-order valence-corrected chi connectivity index (χ2v) is 8.45. The number of anilines is 1. The number of furan rings is 1. The maximum atomic E-state index is 13.2. The van der Waals surface area contributed by atoms with Gasteiger partial charge in [0.1, 0.15) is 11.5 Å². The molecule has 2 heterocycles. The van der Waals surface area contributed by atoms with Gasteiger partial charge in [-0.1, -0.05) is 26.0 Å². The van der Waals surface area contributed by atoms with Crippen molar-refractivity contribution in [1.82, 2.24) is 0 Å². The van der Waals surface area contributed by atoms with Gasteiger partial charge in [0.15, 0.2) is 0 Å². The lowest BCUT2D eigenvalue weighted by Gasteiger charge is -2.11. The molecule has 0 atom stereocenters. The molecule has 0 saturated carbocycles. The number of hydrogen-bond acceptors (Lipinski definition) is 4. The standard InChI is InChI=1S/C26H21F3N2O4/c1-15(2)12-22-21(24(32)31(30-22)19-8-6-16(7-9-19)25(33)34)14-20-10-11-23(35-20)17-4-3-5-18(13-17)26(27,28)29/h3-11,13-15H,12H2,1-2H3,(H,33,34)/b21-14-. The van der Waals surface area contributed by atoms with E-state index in [2.05, 4.69) is 5.10 Å². The van der Waals surface area contributed by atoms with Crippen LogP contribution >= 0.6 is 0 Å². The van der Waals surface area contributed by atoms with Crippen molar-refractivity contribution in [1.29, 1.82) is 0 Å². The zero-order valence-corrected chi connectivity index (χ0v) is 18.8. The molecule has 0 aliphatic carbocycles. The molecule has 0 saturated heterocycles. The van der Waals surface area contributed by atoms with Crippen molar-refractivity contribution >= 4 is 29.4 Å². The van der Waals surface area contributed by atoms with Gasteiger partial charge in [-0.2, -0.15) is 23.3 Å². The predicted octanol–water partition coefficient (Wildman–Crippen LogP) is 6.50. The summed E-state index contributed by atoms with van der Waals surface area (Å²) in [4.78, 5) is 24.3. The van der Waals surface area contributed by atoms with E-state index >= 15 is 0 Å². The van der Waals surface area contributed by atoms with Crippen LogP contribution in [0.3, 0.4) is 0 Å². The summed E-state index contributed by atoms with van der Waals surface area (Å²) in [6.07, 6.45) is -2.45. The molecule has 9 heteroatoms. The van der Waals surface area contributed by atoms with E-state index in [-0.39, 0.29) is 22.8 Å². The Bertz CT molecular complexity index is 1340. The highest BCUT2D eigenvalue weighted by Gasteiger charge is 2.32. The van der Waals surface area contributed by atoms with Crippen LogP contribution in [0.25, 0.3) is 17.4 Å². The van der Waals surface area contributed by atoms with E-state index in [1.807, 2.05) is 13.8 Å². The lowest BCUT2D eigenvalue weighted by molar-refractivity contribution is -0.137. The molecule has 1 N–H and O–H groups in total. The molecule has 1 aromatic heterocycles. The number of halogens is 3. The van der Waals surface area contributed by atoms with Crippen LogP contribution in [0, 0.1) is 5.92 Å². The minimum atomic E-state index is -4.47. The van der Waals surface area contributed by atoms with E-state index in [0.29, 0.717) is 29.2 Å². The fourth-order valence-corrected chi connectivity index (χ4v) is 3.64. The third kappa shape index (κ3) is 5.18. The number of hydrazone groups is 1. The van der Waals surface area contributed by atoms with Crippen molar-refractivity contribution in [2.24, 2.45) is 11.0 Å². The molecule has 0 fully saturated rings. The molecule has 35 heavy (non-hydrogen) atoms. The lowest BCUT2D eigenvalue weighted by Crippen LogP contribution is -2.21. The number of hydrogen-bond donors (Lipinski definition) is 1. The molecular weight excluding hydrogens is 461 g/mol. The fraction of sp³-hybridized carbons (Fsp3) is 0.192. The van der Waals surface area contributed by atoms with Gasteiger partial charge in [-0.05, 0) is 66.9 Å². The van der Waals surface area contributed by atoms with Crippen LogP contribution in [-0.4, -0.2) is 22.7 Å². The van der Waals surface area contributed by atoms with Gasteiger partial charge in [0.25, 0.3) is 5.91 Å². The van der Waals surface area contributed by atoms with E-state index in [9.17, 15) is 22.8 Å². The number of carbonyl (C=O) groups is 2. The summed E-state index contributed by atoms with van der Waals surface area (Å²) in [7, 11) is 0. The first-order valence-corrected chi connectivity index (χ1v) is 10.8. The second-order valence-electron chi connectivity index (χ2n) is 8.45. The van der Waals surface area contributed by atoms with Gasteiger partial charge in [-0.15, -0.1) is 0 Å². The molecule has 1 aliphatic rings. The summed E-state index contributed by atoms with van der Waals surface area (Å²) in [5.74, 6) is -0.780. The largest absolute Gasteiger partial charge is 0.478 e. The van der Waals surface area contributed by atoms with Crippen molar-refractivity contribution in [3.05, 3.63) is 83.1 Å². The normalized spacial score (nSPS) is 15.3. The van der Waals surface area contributed by atoms with Crippen molar-refractivity contribution in [3.63, 3.8) is 0 Å². The highest BCUT2D eigenvalue weighted by atomic mass is 19.4. The highest BCUT2D eigenvalue weighted by molar-refractivity contribution is 6.32. The molecule has 2 aromatic carbocycles. The number of amides is 1. The summed E-state index contributed by atoms with van der Waals surface area (Å²) in [5, 5.41) is 14.7. The Kier molecular flexibility index (Phi) is 6.34. The van der Waals surface area contributed by atoms with Gasteiger partial charge < -0.3 is 9.52 Å². The quantitative estimate of drug-likeness (QED) is 0.407. The van der Waals surface area contributed by atoms with Crippen LogP contribution in [0.15, 0.2) is 75.8 Å². The summed E-state index contributed by atoms with van der Waals surface area (Å²) in [6, 6.07) is 13.7. The Balaban J connectivity index is 1.66. The first-order valence-electron chi connectivity index (χ1n) is 10.8. The van der Waals surface area contributed by atoms with Gasteiger partial charge >= 0.3 is 12.1 Å². The van der Waals surface area contributed by atoms with Gasteiger partial charge in [-0.3, -0.25) is 4.79 Å². The van der Waals surface area contributed by atoms with Gasteiger partial charge in [0, 0.05) is 5.56 Å². The maximum Gasteiger partial charge on any atom is 0.416 e. The number of alkyl halides is 3. The van der Waals surface area contributed by atoms with Gasteiger partial charge in [-0.25, -0.2) is 4.79 Å². The van der Waals surface area contributed by atoms with E-state index < -0.39 is 23.6 Å².